The number of allylic oxidation sites excluding steroid dienone is 1. The maximum Gasteiger partial charge on any atom is 0.325 e. The van der Waals surface area contributed by atoms with E-state index in [1.54, 1.807) is 30.6 Å². The van der Waals surface area contributed by atoms with Gasteiger partial charge in [-0.05, 0) is 17.7 Å². The van der Waals surface area contributed by atoms with E-state index in [1.807, 2.05) is 0 Å². The van der Waals surface area contributed by atoms with Crippen LogP contribution >= 0.6 is 0 Å². The van der Waals surface area contributed by atoms with Crippen molar-refractivity contribution >= 4 is 24.2 Å². The lowest BCUT2D eigenvalue weighted by Crippen LogP contribution is -2.33. The first-order valence-corrected chi connectivity index (χ1v) is 5.55. The Morgan fingerprint density at radius 1 is 1.37 bits per heavy atom. The molecule has 99 valence electrons. The van der Waals surface area contributed by atoms with Crippen molar-refractivity contribution < 1.29 is 19.1 Å². The van der Waals surface area contributed by atoms with E-state index in [0.717, 1.165) is 0 Å². The van der Waals surface area contributed by atoms with Crippen LogP contribution in [0.4, 0.5) is 0 Å². The quantitative estimate of drug-likeness (QED) is 0.586. The first kappa shape index (κ1) is 14.6. The summed E-state index contributed by atoms with van der Waals surface area (Å²) < 4.78 is 4.50. The number of ether oxygens (including phenoxy) is 1. The van der Waals surface area contributed by atoms with Gasteiger partial charge in [0.1, 0.15) is 6.54 Å². The van der Waals surface area contributed by atoms with Gasteiger partial charge in [0, 0.05) is 12.6 Å². The molecule has 0 bridgehead atoms. The van der Waals surface area contributed by atoms with Crippen LogP contribution in [-0.2, 0) is 14.3 Å². The Labute approximate surface area is 111 Å². The monoisotopic (exact) mass is 260 g/mol. The van der Waals surface area contributed by atoms with Crippen molar-refractivity contribution in [2.45, 2.75) is 0 Å². The fraction of sp³-hybridized carbons (Fsp3) is 0.214. The van der Waals surface area contributed by atoms with Gasteiger partial charge in [0.05, 0.1) is 7.11 Å². The number of rotatable bonds is 5. The fourth-order valence-electron chi connectivity index (χ4n) is 1.50. The third-order valence-electron chi connectivity index (χ3n) is 2.46. The van der Waals surface area contributed by atoms with Gasteiger partial charge in [-0.3, -0.25) is 14.4 Å². The molecular formula is C14H14NO4. The minimum Gasteiger partial charge on any atom is -0.468 e. The highest BCUT2D eigenvalue weighted by Crippen LogP contribution is 2.12. The summed E-state index contributed by atoms with van der Waals surface area (Å²) in [5, 5.41) is 0. The van der Waals surface area contributed by atoms with Crippen molar-refractivity contribution in [2.24, 2.45) is 0 Å². The summed E-state index contributed by atoms with van der Waals surface area (Å²) in [4.78, 5) is 34.8. The lowest BCUT2D eigenvalue weighted by Gasteiger charge is -2.16. The van der Waals surface area contributed by atoms with Crippen LogP contribution in [0.1, 0.15) is 15.9 Å². The van der Waals surface area contributed by atoms with Gasteiger partial charge in [0.15, 0.2) is 0 Å². The summed E-state index contributed by atoms with van der Waals surface area (Å²) in [5.74, 6) is -0.818. The third-order valence-corrected chi connectivity index (χ3v) is 2.46. The molecule has 0 saturated heterocycles. The van der Waals surface area contributed by atoms with Crippen LogP contribution < -0.4 is 0 Å². The van der Waals surface area contributed by atoms with Crippen molar-refractivity contribution in [3.63, 3.8) is 0 Å². The Hall–Kier alpha value is -2.43. The molecule has 19 heavy (non-hydrogen) atoms. The number of methoxy groups -OCH3 is 1. The van der Waals surface area contributed by atoms with Crippen LogP contribution in [-0.4, -0.2) is 43.8 Å². The minimum atomic E-state index is -0.495. The summed E-state index contributed by atoms with van der Waals surface area (Å²) in [5.41, 5.74) is 0.993. The Morgan fingerprint density at radius 2 is 2.05 bits per heavy atom. The molecule has 5 nitrogen and oxygen atoms in total. The lowest BCUT2D eigenvalue weighted by atomic mass is 10.1. The summed E-state index contributed by atoms with van der Waals surface area (Å²) in [6, 6.07) is 6.79. The van der Waals surface area contributed by atoms with Crippen molar-refractivity contribution in [1.29, 1.82) is 0 Å². The first-order chi connectivity index (χ1) is 9.10. The predicted octanol–water partition coefficient (Wildman–Crippen LogP) is 1.05. The van der Waals surface area contributed by atoms with E-state index in [1.165, 1.54) is 31.2 Å². The van der Waals surface area contributed by atoms with Crippen LogP contribution in [0.15, 0.2) is 30.3 Å². The van der Waals surface area contributed by atoms with Crippen molar-refractivity contribution in [1.82, 2.24) is 4.90 Å². The van der Waals surface area contributed by atoms with Crippen molar-refractivity contribution in [3.8, 4) is 0 Å². The topological polar surface area (TPSA) is 63.7 Å². The lowest BCUT2D eigenvalue weighted by molar-refractivity contribution is -0.141. The maximum atomic E-state index is 12.2. The van der Waals surface area contributed by atoms with E-state index in [0.29, 0.717) is 11.1 Å². The Balaban J connectivity index is 2.95. The van der Waals surface area contributed by atoms with Gasteiger partial charge in [0.2, 0.25) is 6.29 Å². The number of hydrogen-bond donors (Lipinski definition) is 0. The van der Waals surface area contributed by atoms with Gasteiger partial charge >= 0.3 is 5.97 Å². The van der Waals surface area contributed by atoms with Crippen LogP contribution in [0.5, 0.6) is 0 Å². The van der Waals surface area contributed by atoms with Crippen LogP contribution in [0.3, 0.4) is 0 Å². The number of nitrogens with zero attached hydrogens (tertiary/aromatic N) is 1. The number of hydrogen-bond acceptors (Lipinski definition) is 4. The van der Waals surface area contributed by atoms with E-state index in [-0.39, 0.29) is 12.5 Å². The highest BCUT2D eigenvalue weighted by Gasteiger charge is 2.16. The molecule has 1 aromatic rings. The molecule has 0 aliphatic rings. The van der Waals surface area contributed by atoms with Crippen LogP contribution in [0.25, 0.3) is 6.08 Å². The molecule has 0 aliphatic carbocycles. The van der Waals surface area contributed by atoms with E-state index >= 15 is 0 Å². The third kappa shape index (κ3) is 4.06. The van der Waals surface area contributed by atoms with Gasteiger partial charge < -0.3 is 9.64 Å². The second-order valence-electron chi connectivity index (χ2n) is 3.78. The highest BCUT2D eigenvalue weighted by molar-refractivity contribution is 5.99. The van der Waals surface area contributed by atoms with Gasteiger partial charge in [-0.2, -0.15) is 0 Å². The van der Waals surface area contributed by atoms with Crippen LogP contribution in [0.2, 0.25) is 0 Å². The zero-order chi connectivity index (χ0) is 14.3. The first-order valence-electron chi connectivity index (χ1n) is 5.55. The van der Waals surface area contributed by atoms with Crippen molar-refractivity contribution in [3.05, 3.63) is 41.5 Å². The second-order valence-corrected chi connectivity index (χ2v) is 3.78. The molecule has 0 heterocycles. The second kappa shape index (κ2) is 7.10. The number of likely N-dealkylation sites (N-methyl/N-ethyl adjacent to an activating group) is 1. The SMILES string of the molecule is COC(=O)CN(C)C(=O)c1ccccc1/C=C/[C]=O. The van der Waals surface area contributed by atoms with Crippen LogP contribution in [0, 0.1) is 0 Å². The summed E-state index contributed by atoms with van der Waals surface area (Å²) in [6.45, 7) is -0.132. The molecule has 5 heteroatoms. The molecule has 0 aromatic heterocycles. The Kier molecular flexibility index (Phi) is 5.47. The van der Waals surface area contributed by atoms with E-state index < -0.39 is 5.97 Å². The molecule has 0 saturated carbocycles. The molecular weight excluding hydrogens is 246 g/mol. The zero-order valence-corrected chi connectivity index (χ0v) is 10.8. The van der Waals surface area contributed by atoms with Gasteiger partial charge in [0.25, 0.3) is 5.91 Å². The molecule has 1 rings (SSSR count). The van der Waals surface area contributed by atoms with E-state index in [9.17, 15) is 14.4 Å². The molecule has 0 atom stereocenters. The molecule has 0 spiro atoms. The van der Waals surface area contributed by atoms with E-state index in [4.69, 9.17) is 0 Å². The fourth-order valence-corrected chi connectivity index (χ4v) is 1.50. The summed E-state index contributed by atoms with van der Waals surface area (Å²) in [7, 11) is 2.77. The highest BCUT2D eigenvalue weighted by atomic mass is 16.5. The molecule has 1 aromatic carbocycles. The normalized spacial score (nSPS) is 10.2. The molecule has 1 amide bonds. The maximum absolute atomic E-state index is 12.2. The van der Waals surface area contributed by atoms with E-state index in [2.05, 4.69) is 4.74 Å². The Bertz CT molecular complexity index is 508. The average Bonchev–Trinajstić information content (AvgIpc) is 2.44. The average molecular weight is 260 g/mol. The Morgan fingerprint density at radius 3 is 2.68 bits per heavy atom. The van der Waals surface area contributed by atoms with Gasteiger partial charge in [-0.1, -0.05) is 24.3 Å². The standard InChI is InChI=1S/C14H14NO4/c1-15(10-13(17)19-2)14(18)12-8-4-3-6-11(12)7-5-9-16/h3-8H,10H2,1-2H3/b7-5+. The molecule has 0 fully saturated rings. The molecule has 0 unspecified atom stereocenters. The minimum absolute atomic E-state index is 0.132. The molecule has 0 aliphatic heterocycles. The smallest absolute Gasteiger partial charge is 0.325 e. The summed E-state index contributed by atoms with van der Waals surface area (Å²) in [6.07, 6.45) is 4.30. The number of carbonyl (C=O) groups is 2. The van der Waals surface area contributed by atoms with Crippen molar-refractivity contribution in [2.75, 3.05) is 20.7 Å². The molecule has 1 radical (unpaired) electrons. The van der Waals surface area contributed by atoms with Gasteiger partial charge in [-0.15, -0.1) is 0 Å². The number of esters is 1. The molecule has 0 N–H and O–H groups in total. The number of amides is 1. The number of carbonyl (C=O) groups excluding carboxylic acids is 3. The zero-order valence-electron chi connectivity index (χ0n) is 10.8. The number of benzene rings is 1. The predicted molar refractivity (Wildman–Crippen MR) is 70.1 cm³/mol. The van der Waals surface area contributed by atoms with Gasteiger partial charge in [-0.25, -0.2) is 0 Å². The largest absolute Gasteiger partial charge is 0.468 e. The summed E-state index contributed by atoms with van der Waals surface area (Å²) >= 11 is 0.